The van der Waals surface area contributed by atoms with E-state index in [4.69, 9.17) is 16.3 Å². The van der Waals surface area contributed by atoms with E-state index in [0.29, 0.717) is 11.6 Å². The second-order valence-corrected chi connectivity index (χ2v) is 7.77. The Bertz CT molecular complexity index is 722. The Balaban J connectivity index is 2.67. The van der Waals surface area contributed by atoms with Crippen LogP contribution < -0.4 is 4.90 Å². The van der Waals surface area contributed by atoms with Gasteiger partial charge >= 0.3 is 0 Å². The summed E-state index contributed by atoms with van der Waals surface area (Å²) in [7, 11) is 1.66. The van der Waals surface area contributed by atoms with Gasteiger partial charge in [-0.05, 0) is 36.0 Å². The summed E-state index contributed by atoms with van der Waals surface area (Å²) in [5, 5.41) is 0.668. The lowest BCUT2D eigenvalue weighted by molar-refractivity contribution is 0.181. The van der Waals surface area contributed by atoms with Crippen molar-refractivity contribution in [2.45, 2.75) is 53.1 Å². The van der Waals surface area contributed by atoms with Crippen LogP contribution in [0.5, 0.6) is 0 Å². The number of aromatic nitrogens is 1. The summed E-state index contributed by atoms with van der Waals surface area (Å²) in [5.41, 5.74) is 5.62. The normalized spacial score (nSPS) is 11.6. The number of hydrogen-bond acceptors (Lipinski definition) is 3. The number of aryl methyl sites for hydroxylation is 1. The van der Waals surface area contributed by atoms with Crippen molar-refractivity contribution in [3.63, 3.8) is 0 Å². The van der Waals surface area contributed by atoms with Gasteiger partial charge in [0.15, 0.2) is 0 Å². The van der Waals surface area contributed by atoms with Crippen LogP contribution in [-0.4, -0.2) is 18.6 Å². The SMILES string of the molecule is CCCN(c1ccnc(COC)c1Cl)c1c(C)cccc1C(C)(C)C. The molecule has 0 aliphatic heterocycles. The summed E-state index contributed by atoms with van der Waals surface area (Å²) in [4.78, 5) is 6.71. The van der Waals surface area contributed by atoms with Gasteiger partial charge in [-0.2, -0.15) is 0 Å². The minimum Gasteiger partial charge on any atom is -0.378 e. The molecule has 1 aromatic carbocycles. The standard InChI is InChI=1S/C21H29ClN2O/c1-7-13-24(18-11-12-23-17(14-25-6)19(18)22)20-15(2)9-8-10-16(20)21(3,4)5/h8-12H,7,13-14H2,1-6H3. The van der Waals surface area contributed by atoms with Crippen LogP contribution in [0.25, 0.3) is 0 Å². The van der Waals surface area contributed by atoms with E-state index in [1.54, 1.807) is 7.11 Å². The van der Waals surface area contributed by atoms with Crippen LogP contribution in [0.15, 0.2) is 30.5 Å². The largest absolute Gasteiger partial charge is 0.378 e. The topological polar surface area (TPSA) is 25.4 Å². The molecule has 4 heteroatoms. The average molecular weight is 361 g/mol. The van der Waals surface area contributed by atoms with E-state index in [1.165, 1.54) is 16.8 Å². The van der Waals surface area contributed by atoms with Crippen LogP contribution in [0.2, 0.25) is 5.02 Å². The summed E-state index contributed by atoms with van der Waals surface area (Å²) in [6.45, 7) is 12.4. The molecular formula is C21H29ClN2O. The Morgan fingerprint density at radius 3 is 2.52 bits per heavy atom. The fourth-order valence-corrected chi connectivity index (χ4v) is 3.39. The molecule has 1 heterocycles. The third kappa shape index (κ3) is 4.34. The van der Waals surface area contributed by atoms with Crippen molar-refractivity contribution in [2.24, 2.45) is 0 Å². The number of hydrogen-bond donors (Lipinski definition) is 0. The number of para-hydroxylation sites is 1. The molecule has 0 unspecified atom stereocenters. The molecule has 2 aromatic rings. The first-order chi connectivity index (χ1) is 11.8. The number of rotatable bonds is 6. The summed E-state index contributed by atoms with van der Waals surface area (Å²) in [6.07, 6.45) is 2.84. The summed E-state index contributed by atoms with van der Waals surface area (Å²) in [6, 6.07) is 8.51. The molecule has 25 heavy (non-hydrogen) atoms. The third-order valence-electron chi connectivity index (χ3n) is 4.28. The van der Waals surface area contributed by atoms with Crippen LogP contribution >= 0.6 is 11.6 Å². The number of nitrogens with zero attached hydrogens (tertiary/aromatic N) is 2. The quantitative estimate of drug-likeness (QED) is 0.628. The summed E-state index contributed by atoms with van der Waals surface area (Å²) >= 11 is 6.70. The van der Waals surface area contributed by atoms with E-state index in [-0.39, 0.29) is 5.41 Å². The lowest BCUT2D eigenvalue weighted by Gasteiger charge is -2.33. The first-order valence-corrected chi connectivity index (χ1v) is 9.19. The highest BCUT2D eigenvalue weighted by Crippen LogP contribution is 2.41. The molecule has 0 atom stereocenters. The van der Waals surface area contributed by atoms with Crippen molar-refractivity contribution in [1.82, 2.24) is 4.98 Å². The fraction of sp³-hybridized carbons (Fsp3) is 0.476. The van der Waals surface area contributed by atoms with Gasteiger partial charge in [0.2, 0.25) is 0 Å². The van der Waals surface area contributed by atoms with Crippen molar-refractivity contribution in [3.8, 4) is 0 Å². The number of halogens is 1. The zero-order chi connectivity index (χ0) is 18.6. The lowest BCUT2D eigenvalue weighted by atomic mass is 9.84. The van der Waals surface area contributed by atoms with E-state index in [0.717, 1.165) is 24.3 Å². The molecule has 0 amide bonds. The molecule has 0 aliphatic carbocycles. The second kappa shape index (κ2) is 8.20. The maximum atomic E-state index is 6.70. The minimum absolute atomic E-state index is 0.0439. The number of methoxy groups -OCH3 is 1. The van der Waals surface area contributed by atoms with Gasteiger partial charge in [0, 0.05) is 25.5 Å². The molecule has 0 aliphatic rings. The van der Waals surface area contributed by atoms with Crippen LogP contribution in [0.4, 0.5) is 11.4 Å². The Labute approximate surface area is 157 Å². The Kier molecular flexibility index (Phi) is 6.47. The summed E-state index contributed by atoms with van der Waals surface area (Å²) < 4.78 is 5.25. The molecule has 0 spiro atoms. The molecule has 0 bridgehead atoms. The van der Waals surface area contributed by atoms with Gasteiger partial charge in [-0.3, -0.25) is 4.98 Å². The van der Waals surface area contributed by atoms with Gasteiger partial charge in [0.1, 0.15) is 0 Å². The first-order valence-electron chi connectivity index (χ1n) is 8.81. The molecule has 0 fully saturated rings. The number of anilines is 2. The molecule has 0 saturated heterocycles. The van der Waals surface area contributed by atoms with Gasteiger partial charge in [0.05, 0.1) is 23.0 Å². The van der Waals surface area contributed by atoms with Crippen molar-refractivity contribution in [2.75, 3.05) is 18.6 Å². The maximum absolute atomic E-state index is 6.70. The Morgan fingerprint density at radius 2 is 1.92 bits per heavy atom. The van der Waals surface area contributed by atoms with Crippen LogP contribution in [-0.2, 0) is 16.8 Å². The van der Waals surface area contributed by atoms with E-state index in [1.807, 2.05) is 12.3 Å². The average Bonchev–Trinajstić information content (AvgIpc) is 2.54. The van der Waals surface area contributed by atoms with E-state index >= 15 is 0 Å². The Morgan fingerprint density at radius 1 is 1.20 bits per heavy atom. The number of benzene rings is 1. The number of pyridine rings is 1. The molecule has 0 N–H and O–H groups in total. The lowest BCUT2D eigenvalue weighted by Crippen LogP contribution is -2.25. The highest BCUT2D eigenvalue weighted by Gasteiger charge is 2.25. The molecule has 3 nitrogen and oxygen atoms in total. The highest BCUT2D eigenvalue weighted by atomic mass is 35.5. The van der Waals surface area contributed by atoms with Gasteiger partial charge in [-0.25, -0.2) is 0 Å². The zero-order valence-corrected chi connectivity index (χ0v) is 16.9. The van der Waals surface area contributed by atoms with Crippen LogP contribution in [0.3, 0.4) is 0 Å². The third-order valence-corrected chi connectivity index (χ3v) is 4.69. The predicted octanol–water partition coefficient (Wildman–Crippen LogP) is 6.04. The molecular weight excluding hydrogens is 332 g/mol. The van der Waals surface area contributed by atoms with Gasteiger partial charge in [-0.15, -0.1) is 0 Å². The van der Waals surface area contributed by atoms with Crippen molar-refractivity contribution in [1.29, 1.82) is 0 Å². The number of ether oxygens (including phenoxy) is 1. The Hall–Kier alpha value is -1.58. The van der Waals surface area contributed by atoms with Crippen molar-refractivity contribution in [3.05, 3.63) is 52.3 Å². The van der Waals surface area contributed by atoms with E-state index in [9.17, 15) is 0 Å². The zero-order valence-electron chi connectivity index (χ0n) is 16.2. The van der Waals surface area contributed by atoms with Crippen LogP contribution in [0.1, 0.15) is 50.9 Å². The van der Waals surface area contributed by atoms with Crippen LogP contribution in [0, 0.1) is 6.92 Å². The van der Waals surface area contributed by atoms with Crippen molar-refractivity contribution < 1.29 is 4.74 Å². The van der Waals surface area contributed by atoms with Gasteiger partial charge in [0.25, 0.3) is 0 Å². The molecule has 2 rings (SSSR count). The monoisotopic (exact) mass is 360 g/mol. The van der Waals surface area contributed by atoms with Gasteiger partial charge < -0.3 is 9.64 Å². The van der Waals surface area contributed by atoms with E-state index in [2.05, 4.69) is 62.7 Å². The fourth-order valence-electron chi connectivity index (χ4n) is 3.12. The molecule has 0 saturated carbocycles. The smallest absolute Gasteiger partial charge is 0.0900 e. The molecule has 136 valence electrons. The summed E-state index contributed by atoms with van der Waals surface area (Å²) in [5.74, 6) is 0. The molecule has 1 aromatic heterocycles. The maximum Gasteiger partial charge on any atom is 0.0900 e. The highest BCUT2D eigenvalue weighted by molar-refractivity contribution is 6.34. The minimum atomic E-state index is 0.0439. The second-order valence-electron chi connectivity index (χ2n) is 7.40. The van der Waals surface area contributed by atoms with E-state index < -0.39 is 0 Å². The first kappa shape index (κ1) is 19.7. The van der Waals surface area contributed by atoms with Crippen molar-refractivity contribution >= 4 is 23.0 Å². The molecule has 0 radical (unpaired) electrons. The van der Waals surface area contributed by atoms with Gasteiger partial charge in [-0.1, -0.05) is 57.5 Å². The predicted molar refractivity (Wildman–Crippen MR) is 107 cm³/mol.